The minimum absolute atomic E-state index is 0.186. The molecular formula is C14H18N2O5. The van der Waals surface area contributed by atoms with E-state index in [4.69, 9.17) is 15.9 Å². The molecule has 1 amide bonds. The fourth-order valence-electron chi connectivity index (χ4n) is 1.76. The third kappa shape index (κ3) is 6.05. The highest BCUT2D eigenvalue weighted by atomic mass is 16.4. The largest absolute Gasteiger partial charge is 0.481 e. The van der Waals surface area contributed by atoms with E-state index in [1.54, 1.807) is 0 Å². The van der Waals surface area contributed by atoms with Gasteiger partial charge >= 0.3 is 11.9 Å². The lowest BCUT2D eigenvalue weighted by Crippen LogP contribution is -2.49. The van der Waals surface area contributed by atoms with E-state index in [0.29, 0.717) is 0 Å². The molecular weight excluding hydrogens is 276 g/mol. The van der Waals surface area contributed by atoms with Crippen molar-refractivity contribution in [2.45, 2.75) is 31.3 Å². The second-order valence-corrected chi connectivity index (χ2v) is 4.63. The smallest absolute Gasteiger partial charge is 0.326 e. The molecule has 1 aromatic rings. The molecule has 0 saturated heterocycles. The van der Waals surface area contributed by atoms with E-state index in [-0.39, 0.29) is 19.3 Å². The monoisotopic (exact) mass is 294 g/mol. The second kappa shape index (κ2) is 8.01. The Morgan fingerprint density at radius 2 is 1.76 bits per heavy atom. The Hall–Kier alpha value is -2.41. The summed E-state index contributed by atoms with van der Waals surface area (Å²) < 4.78 is 0. The zero-order valence-electron chi connectivity index (χ0n) is 11.4. The Morgan fingerprint density at radius 3 is 2.29 bits per heavy atom. The first-order valence-electron chi connectivity index (χ1n) is 6.44. The van der Waals surface area contributed by atoms with E-state index in [9.17, 15) is 14.4 Å². The van der Waals surface area contributed by atoms with Gasteiger partial charge in [-0.2, -0.15) is 0 Å². The van der Waals surface area contributed by atoms with E-state index in [1.807, 2.05) is 30.3 Å². The van der Waals surface area contributed by atoms with Crippen LogP contribution in [0.1, 0.15) is 18.4 Å². The van der Waals surface area contributed by atoms with E-state index in [0.717, 1.165) is 5.56 Å². The summed E-state index contributed by atoms with van der Waals surface area (Å²) in [6.45, 7) is 0. The lowest BCUT2D eigenvalue weighted by molar-refractivity contribution is -0.143. The third-order valence-corrected chi connectivity index (χ3v) is 2.90. The van der Waals surface area contributed by atoms with Crippen LogP contribution in [0.4, 0.5) is 0 Å². The summed E-state index contributed by atoms with van der Waals surface area (Å²) in [5.41, 5.74) is 6.59. The molecule has 5 N–H and O–H groups in total. The maximum atomic E-state index is 11.9. The number of aliphatic carboxylic acids is 2. The van der Waals surface area contributed by atoms with Crippen molar-refractivity contribution in [2.75, 3.05) is 0 Å². The predicted molar refractivity (Wildman–Crippen MR) is 74.6 cm³/mol. The zero-order valence-corrected chi connectivity index (χ0v) is 11.4. The van der Waals surface area contributed by atoms with Crippen LogP contribution in [0.5, 0.6) is 0 Å². The van der Waals surface area contributed by atoms with Gasteiger partial charge in [0.2, 0.25) is 5.91 Å². The lowest BCUT2D eigenvalue weighted by atomic mass is 10.1. The number of carbonyl (C=O) groups is 3. The van der Waals surface area contributed by atoms with Crippen molar-refractivity contribution in [2.24, 2.45) is 5.73 Å². The summed E-state index contributed by atoms with van der Waals surface area (Å²) in [5, 5.41) is 19.8. The van der Waals surface area contributed by atoms with Gasteiger partial charge in [-0.15, -0.1) is 0 Å². The van der Waals surface area contributed by atoms with Crippen LogP contribution in [-0.4, -0.2) is 40.1 Å². The highest BCUT2D eigenvalue weighted by Crippen LogP contribution is 2.03. The molecule has 0 heterocycles. The van der Waals surface area contributed by atoms with Gasteiger partial charge in [-0.3, -0.25) is 9.59 Å². The quantitative estimate of drug-likeness (QED) is 0.533. The van der Waals surface area contributed by atoms with Crippen molar-refractivity contribution in [3.05, 3.63) is 35.9 Å². The highest BCUT2D eigenvalue weighted by molar-refractivity contribution is 5.87. The van der Waals surface area contributed by atoms with E-state index in [1.165, 1.54) is 0 Å². The minimum Gasteiger partial charge on any atom is -0.481 e. The number of nitrogens with one attached hydrogen (secondary N) is 1. The molecule has 1 aromatic carbocycles. The highest BCUT2D eigenvalue weighted by Gasteiger charge is 2.23. The first-order valence-corrected chi connectivity index (χ1v) is 6.44. The van der Waals surface area contributed by atoms with Crippen LogP contribution in [0.3, 0.4) is 0 Å². The average Bonchev–Trinajstić information content (AvgIpc) is 2.43. The van der Waals surface area contributed by atoms with Gasteiger partial charge in [0.1, 0.15) is 6.04 Å². The van der Waals surface area contributed by atoms with Gasteiger partial charge in [-0.25, -0.2) is 4.79 Å². The number of nitrogens with two attached hydrogens (primary N) is 1. The van der Waals surface area contributed by atoms with E-state index in [2.05, 4.69) is 5.32 Å². The lowest BCUT2D eigenvalue weighted by Gasteiger charge is -2.17. The van der Waals surface area contributed by atoms with Crippen LogP contribution in [0.2, 0.25) is 0 Å². The van der Waals surface area contributed by atoms with Gasteiger partial charge in [0, 0.05) is 6.42 Å². The fraction of sp³-hybridized carbons (Fsp3) is 0.357. The van der Waals surface area contributed by atoms with Crippen molar-refractivity contribution in [1.82, 2.24) is 5.32 Å². The standard InChI is InChI=1S/C14H18N2O5/c15-10(8-9-4-2-1-3-5-9)13(19)16-11(14(20)21)6-7-12(17)18/h1-5,10-11H,6-8,15H2,(H,16,19)(H,17,18)(H,20,21). The summed E-state index contributed by atoms with van der Waals surface area (Å²) in [5.74, 6) is -3.02. The van der Waals surface area contributed by atoms with Gasteiger partial charge in [0.15, 0.2) is 0 Å². The number of hydrogen-bond donors (Lipinski definition) is 4. The van der Waals surface area contributed by atoms with Crippen LogP contribution >= 0.6 is 0 Å². The molecule has 2 unspecified atom stereocenters. The van der Waals surface area contributed by atoms with Gasteiger partial charge in [0.05, 0.1) is 6.04 Å². The van der Waals surface area contributed by atoms with Crippen molar-refractivity contribution in [1.29, 1.82) is 0 Å². The number of amides is 1. The Morgan fingerprint density at radius 1 is 1.14 bits per heavy atom. The third-order valence-electron chi connectivity index (χ3n) is 2.90. The number of carboxylic acids is 2. The van der Waals surface area contributed by atoms with Crippen molar-refractivity contribution < 1.29 is 24.6 Å². The normalized spacial score (nSPS) is 13.2. The van der Waals surface area contributed by atoms with Gasteiger partial charge in [0.25, 0.3) is 0 Å². The molecule has 0 aliphatic heterocycles. The maximum Gasteiger partial charge on any atom is 0.326 e. The molecule has 7 heteroatoms. The summed E-state index contributed by atoms with van der Waals surface area (Å²) in [7, 11) is 0. The summed E-state index contributed by atoms with van der Waals surface area (Å²) in [6.07, 6.45) is -0.252. The van der Waals surface area contributed by atoms with Crippen LogP contribution in [0.25, 0.3) is 0 Å². The van der Waals surface area contributed by atoms with Gasteiger partial charge in [-0.1, -0.05) is 30.3 Å². The zero-order chi connectivity index (χ0) is 15.8. The molecule has 7 nitrogen and oxygen atoms in total. The number of carboxylic acid groups (broad SMARTS) is 2. The molecule has 0 radical (unpaired) electrons. The van der Waals surface area contributed by atoms with Gasteiger partial charge < -0.3 is 21.3 Å². The first kappa shape index (κ1) is 16.6. The Bertz CT molecular complexity index is 503. The molecule has 0 aliphatic carbocycles. The molecule has 21 heavy (non-hydrogen) atoms. The molecule has 114 valence electrons. The minimum atomic E-state index is -1.28. The van der Waals surface area contributed by atoms with E-state index < -0.39 is 29.9 Å². The molecule has 0 bridgehead atoms. The molecule has 0 aliphatic rings. The van der Waals surface area contributed by atoms with Crippen LogP contribution in [-0.2, 0) is 20.8 Å². The number of hydrogen-bond acceptors (Lipinski definition) is 4. The number of rotatable bonds is 8. The van der Waals surface area contributed by atoms with Gasteiger partial charge in [-0.05, 0) is 18.4 Å². The average molecular weight is 294 g/mol. The molecule has 0 fully saturated rings. The molecule has 2 atom stereocenters. The summed E-state index contributed by atoms with van der Waals surface area (Å²) in [6, 6.07) is 6.94. The Labute approximate surface area is 121 Å². The van der Waals surface area contributed by atoms with Crippen LogP contribution in [0.15, 0.2) is 30.3 Å². The molecule has 0 spiro atoms. The topological polar surface area (TPSA) is 130 Å². The summed E-state index contributed by atoms with van der Waals surface area (Å²) >= 11 is 0. The van der Waals surface area contributed by atoms with Crippen molar-refractivity contribution >= 4 is 17.8 Å². The number of benzene rings is 1. The maximum absolute atomic E-state index is 11.9. The Balaban J connectivity index is 2.56. The van der Waals surface area contributed by atoms with Crippen molar-refractivity contribution in [3.8, 4) is 0 Å². The van der Waals surface area contributed by atoms with Crippen LogP contribution in [0, 0.1) is 0 Å². The van der Waals surface area contributed by atoms with E-state index >= 15 is 0 Å². The summed E-state index contributed by atoms with van der Waals surface area (Å²) in [4.78, 5) is 33.3. The Kier molecular flexibility index (Phi) is 6.35. The fourth-order valence-corrected chi connectivity index (χ4v) is 1.76. The SMILES string of the molecule is NC(Cc1ccccc1)C(=O)NC(CCC(=O)O)C(=O)O. The molecule has 0 aromatic heterocycles. The van der Waals surface area contributed by atoms with Crippen molar-refractivity contribution in [3.63, 3.8) is 0 Å². The number of carbonyl (C=O) groups excluding carboxylic acids is 1. The van der Waals surface area contributed by atoms with Crippen LogP contribution < -0.4 is 11.1 Å². The predicted octanol–water partition coefficient (Wildman–Crippen LogP) is -0.00940. The second-order valence-electron chi connectivity index (χ2n) is 4.63. The molecule has 0 saturated carbocycles. The molecule has 1 rings (SSSR count). The first-order chi connectivity index (χ1) is 9.90.